The fourth-order valence-electron chi connectivity index (χ4n) is 3.83. The number of hydrogen-bond acceptors (Lipinski definition) is 4. The Morgan fingerprint density at radius 1 is 0.964 bits per heavy atom. The number of aromatic nitrogens is 3. The second-order valence-corrected chi connectivity index (χ2v) is 7.20. The van der Waals surface area contributed by atoms with Crippen LogP contribution in [0.25, 0.3) is 0 Å². The Bertz CT molecular complexity index is 863. The summed E-state index contributed by atoms with van der Waals surface area (Å²) in [5, 5.41) is 0. The zero-order chi connectivity index (χ0) is 19.4. The number of anilines is 1. The maximum atomic E-state index is 14.0. The van der Waals surface area contributed by atoms with Crippen molar-refractivity contribution in [2.24, 2.45) is 0 Å². The van der Waals surface area contributed by atoms with E-state index < -0.39 is 5.92 Å². The van der Waals surface area contributed by atoms with Gasteiger partial charge in [-0.25, -0.2) is 13.8 Å². The van der Waals surface area contributed by atoms with Gasteiger partial charge in [-0.1, -0.05) is 18.2 Å². The lowest BCUT2D eigenvalue weighted by Crippen LogP contribution is -2.43. The van der Waals surface area contributed by atoms with Crippen molar-refractivity contribution >= 4 is 5.82 Å². The molecule has 3 aromatic rings. The number of halogens is 2. The summed E-state index contributed by atoms with van der Waals surface area (Å²) in [6.07, 6.45) is 9.92. The molecule has 0 radical (unpaired) electrons. The van der Waals surface area contributed by atoms with E-state index in [9.17, 15) is 8.78 Å². The first-order valence-corrected chi connectivity index (χ1v) is 9.49. The van der Waals surface area contributed by atoms with Crippen LogP contribution in [0, 0.1) is 0 Å². The Hall–Kier alpha value is -2.89. The van der Waals surface area contributed by atoms with E-state index in [1.807, 2.05) is 48.8 Å². The average molecular weight is 380 g/mol. The fraction of sp³-hybridized carbons (Fsp3) is 0.318. The highest BCUT2D eigenvalue weighted by Crippen LogP contribution is 2.34. The lowest BCUT2D eigenvalue weighted by atomic mass is 9.87. The van der Waals surface area contributed by atoms with Crippen molar-refractivity contribution in [1.29, 1.82) is 0 Å². The van der Waals surface area contributed by atoms with Crippen LogP contribution in [0.5, 0.6) is 0 Å². The maximum absolute atomic E-state index is 14.0. The standard InChI is InChI=1S/C22H22F2N4/c23-22(24)8-4-12-28(16-22)21-17(5-3-11-27-21)13-20(18-6-1-9-25-14-18)19-7-2-10-26-15-19/h1-3,5-7,9-11,14-15,20H,4,8,12-13,16H2. The average Bonchev–Trinajstić information content (AvgIpc) is 2.73. The molecule has 0 unspecified atom stereocenters. The van der Waals surface area contributed by atoms with E-state index >= 15 is 0 Å². The zero-order valence-corrected chi connectivity index (χ0v) is 15.5. The summed E-state index contributed by atoms with van der Waals surface area (Å²) >= 11 is 0. The minimum atomic E-state index is -2.67. The Balaban J connectivity index is 1.68. The molecule has 0 aromatic carbocycles. The van der Waals surface area contributed by atoms with Gasteiger partial charge in [0.1, 0.15) is 5.82 Å². The second kappa shape index (κ2) is 8.00. The van der Waals surface area contributed by atoms with Gasteiger partial charge in [-0.2, -0.15) is 0 Å². The topological polar surface area (TPSA) is 41.9 Å². The largest absolute Gasteiger partial charge is 0.350 e. The van der Waals surface area contributed by atoms with Crippen LogP contribution in [0.2, 0.25) is 0 Å². The first kappa shape index (κ1) is 18.5. The van der Waals surface area contributed by atoms with Gasteiger partial charge in [0.05, 0.1) is 6.54 Å². The van der Waals surface area contributed by atoms with E-state index in [1.54, 1.807) is 23.5 Å². The molecular weight excluding hydrogens is 358 g/mol. The van der Waals surface area contributed by atoms with Crippen LogP contribution < -0.4 is 4.90 Å². The van der Waals surface area contributed by atoms with Crippen molar-refractivity contribution in [3.8, 4) is 0 Å². The SMILES string of the molecule is FC1(F)CCCN(c2ncccc2CC(c2cccnc2)c2cccnc2)C1. The Morgan fingerprint density at radius 2 is 1.64 bits per heavy atom. The number of nitrogens with zero attached hydrogens (tertiary/aromatic N) is 4. The van der Waals surface area contributed by atoms with Gasteiger partial charge in [-0.05, 0) is 47.7 Å². The molecule has 0 N–H and O–H groups in total. The number of rotatable bonds is 5. The highest BCUT2D eigenvalue weighted by molar-refractivity contribution is 5.49. The smallest absolute Gasteiger partial charge is 0.265 e. The Labute approximate surface area is 163 Å². The molecule has 0 saturated carbocycles. The van der Waals surface area contributed by atoms with Gasteiger partial charge in [0, 0.05) is 49.9 Å². The van der Waals surface area contributed by atoms with E-state index in [0.29, 0.717) is 25.2 Å². The molecule has 144 valence electrons. The summed E-state index contributed by atoms with van der Waals surface area (Å²) in [6, 6.07) is 11.7. The van der Waals surface area contributed by atoms with Crippen LogP contribution >= 0.6 is 0 Å². The molecule has 0 aliphatic carbocycles. The summed E-state index contributed by atoms with van der Waals surface area (Å²) < 4.78 is 28.0. The van der Waals surface area contributed by atoms with Gasteiger partial charge in [0.15, 0.2) is 0 Å². The van der Waals surface area contributed by atoms with Crippen molar-refractivity contribution in [3.05, 3.63) is 84.1 Å². The van der Waals surface area contributed by atoms with E-state index in [-0.39, 0.29) is 18.9 Å². The molecule has 1 aliphatic heterocycles. The van der Waals surface area contributed by atoms with Crippen LogP contribution in [-0.4, -0.2) is 34.0 Å². The van der Waals surface area contributed by atoms with Gasteiger partial charge >= 0.3 is 0 Å². The van der Waals surface area contributed by atoms with Gasteiger partial charge in [-0.15, -0.1) is 0 Å². The lowest BCUT2D eigenvalue weighted by Gasteiger charge is -2.34. The molecule has 1 aliphatic rings. The summed E-state index contributed by atoms with van der Waals surface area (Å²) in [5.74, 6) is -1.99. The van der Waals surface area contributed by atoms with Crippen LogP contribution in [0.3, 0.4) is 0 Å². The number of alkyl halides is 2. The third-order valence-electron chi connectivity index (χ3n) is 5.16. The Kier molecular flexibility index (Phi) is 5.28. The number of hydrogen-bond donors (Lipinski definition) is 0. The molecular formula is C22H22F2N4. The summed E-state index contributed by atoms with van der Waals surface area (Å²) in [6.45, 7) is 0.325. The minimum Gasteiger partial charge on any atom is -0.350 e. The summed E-state index contributed by atoms with van der Waals surface area (Å²) in [7, 11) is 0. The van der Waals surface area contributed by atoms with Crippen LogP contribution in [0.15, 0.2) is 67.4 Å². The molecule has 0 bridgehead atoms. The number of piperidine rings is 1. The van der Waals surface area contributed by atoms with E-state index in [4.69, 9.17) is 0 Å². The second-order valence-electron chi connectivity index (χ2n) is 7.20. The molecule has 4 rings (SSSR count). The highest BCUT2D eigenvalue weighted by atomic mass is 19.3. The van der Waals surface area contributed by atoms with Crippen molar-refractivity contribution in [1.82, 2.24) is 15.0 Å². The minimum absolute atomic E-state index is 0.0238. The van der Waals surface area contributed by atoms with E-state index in [1.165, 1.54) is 0 Å². The van der Waals surface area contributed by atoms with Crippen molar-refractivity contribution in [2.75, 3.05) is 18.0 Å². The summed E-state index contributed by atoms with van der Waals surface area (Å²) in [4.78, 5) is 14.7. The van der Waals surface area contributed by atoms with Gasteiger partial charge in [0.25, 0.3) is 5.92 Å². The van der Waals surface area contributed by atoms with Gasteiger partial charge in [-0.3, -0.25) is 9.97 Å². The van der Waals surface area contributed by atoms with Crippen LogP contribution in [0.4, 0.5) is 14.6 Å². The van der Waals surface area contributed by atoms with Crippen LogP contribution in [-0.2, 0) is 6.42 Å². The van der Waals surface area contributed by atoms with Crippen molar-refractivity contribution < 1.29 is 8.78 Å². The van der Waals surface area contributed by atoms with Crippen molar-refractivity contribution in [3.63, 3.8) is 0 Å². The quantitative estimate of drug-likeness (QED) is 0.654. The third kappa shape index (κ3) is 4.16. The molecule has 0 spiro atoms. The molecule has 1 saturated heterocycles. The summed E-state index contributed by atoms with van der Waals surface area (Å²) in [5.41, 5.74) is 3.08. The molecule has 0 amide bonds. The monoisotopic (exact) mass is 380 g/mol. The molecule has 0 atom stereocenters. The normalized spacial score (nSPS) is 16.3. The fourth-order valence-corrected chi connectivity index (χ4v) is 3.83. The molecule has 6 heteroatoms. The van der Waals surface area contributed by atoms with Gasteiger partial charge < -0.3 is 4.90 Å². The number of pyridine rings is 3. The van der Waals surface area contributed by atoms with Crippen molar-refractivity contribution in [2.45, 2.75) is 31.1 Å². The first-order chi connectivity index (χ1) is 13.6. The highest BCUT2D eigenvalue weighted by Gasteiger charge is 2.36. The predicted octanol–water partition coefficient (Wildman–Crippen LogP) is 4.48. The molecule has 3 aromatic heterocycles. The maximum Gasteiger partial charge on any atom is 0.265 e. The van der Waals surface area contributed by atoms with E-state index in [2.05, 4.69) is 15.0 Å². The Morgan fingerprint density at radius 3 is 2.25 bits per heavy atom. The third-order valence-corrected chi connectivity index (χ3v) is 5.16. The molecule has 1 fully saturated rings. The lowest BCUT2D eigenvalue weighted by molar-refractivity contribution is -0.0118. The van der Waals surface area contributed by atoms with E-state index in [0.717, 1.165) is 16.7 Å². The molecule has 4 heterocycles. The zero-order valence-electron chi connectivity index (χ0n) is 15.5. The molecule has 28 heavy (non-hydrogen) atoms. The predicted molar refractivity (Wildman–Crippen MR) is 105 cm³/mol. The molecule has 4 nitrogen and oxygen atoms in total. The van der Waals surface area contributed by atoms with Crippen LogP contribution in [0.1, 0.15) is 35.4 Å². The first-order valence-electron chi connectivity index (χ1n) is 9.49. The van der Waals surface area contributed by atoms with Gasteiger partial charge in [0.2, 0.25) is 0 Å².